The molecule has 0 aliphatic carbocycles. The van der Waals surface area contributed by atoms with Gasteiger partial charge in [0, 0.05) is 19.0 Å². The van der Waals surface area contributed by atoms with Gasteiger partial charge in [-0.25, -0.2) is 22.5 Å². The van der Waals surface area contributed by atoms with E-state index in [1.165, 1.54) is 0 Å². The number of aromatic nitrogens is 4. The monoisotopic (exact) mass is 470 g/mol. The molecule has 4 aromatic rings. The Balaban J connectivity index is 1.83. The highest BCUT2D eigenvalue weighted by molar-refractivity contribution is 5.79. The van der Waals surface area contributed by atoms with Gasteiger partial charge in [0.1, 0.15) is 57.4 Å². The van der Waals surface area contributed by atoms with Crippen LogP contribution in [-0.4, -0.2) is 26.1 Å². The summed E-state index contributed by atoms with van der Waals surface area (Å²) in [6.07, 6.45) is -0.145. The van der Waals surface area contributed by atoms with Crippen LogP contribution in [0.1, 0.15) is 11.4 Å². The first-order valence-corrected chi connectivity index (χ1v) is 9.62. The van der Waals surface area contributed by atoms with Crippen LogP contribution < -0.4 is 22.3 Å². The number of nitrogens with zero attached hydrogens (tertiary/aromatic N) is 5. The molecule has 172 valence electrons. The molecule has 0 radical (unpaired) electrons. The summed E-state index contributed by atoms with van der Waals surface area (Å²) in [6, 6.07) is 5.69. The molecule has 0 bridgehead atoms. The van der Waals surface area contributed by atoms with Crippen molar-refractivity contribution >= 4 is 28.5 Å². The average Bonchev–Trinajstić information content (AvgIpc) is 2.75. The van der Waals surface area contributed by atoms with E-state index < -0.39 is 39.7 Å². The Labute approximate surface area is 188 Å². The third-order valence-corrected chi connectivity index (χ3v) is 4.81. The lowest BCUT2D eigenvalue weighted by molar-refractivity contribution is 0.580. The zero-order chi connectivity index (χ0) is 24.6. The molecule has 34 heavy (non-hydrogen) atoms. The van der Waals surface area contributed by atoms with E-state index in [1.807, 2.05) is 6.07 Å². The summed E-state index contributed by atoms with van der Waals surface area (Å²) in [5.74, 6) is -4.49. The van der Waals surface area contributed by atoms with Crippen LogP contribution in [0.4, 0.5) is 35.1 Å². The SMILES string of the molecule is N#Cc1c(N)nc(N)nc1NCCc1nc2c(F)ccc(F)c2c(=O)n1-c1cc(F)cc(F)c1. The first-order valence-electron chi connectivity index (χ1n) is 9.62. The van der Waals surface area contributed by atoms with Gasteiger partial charge in [0.05, 0.1) is 5.69 Å². The van der Waals surface area contributed by atoms with E-state index in [9.17, 15) is 27.6 Å². The molecule has 0 unspecified atom stereocenters. The van der Waals surface area contributed by atoms with Crippen LogP contribution in [0.25, 0.3) is 16.6 Å². The molecule has 2 heterocycles. The average molecular weight is 470 g/mol. The summed E-state index contributed by atoms with van der Waals surface area (Å²) in [6.45, 7) is -0.0583. The van der Waals surface area contributed by atoms with E-state index in [0.29, 0.717) is 6.07 Å². The Hall–Kier alpha value is -4.73. The van der Waals surface area contributed by atoms with Crippen molar-refractivity contribution in [3.63, 3.8) is 0 Å². The molecule has 0 saturated heterocycles. The highest BCUT2D eigenvalue weighted by atomic mass is 19.1. The molecule has 2 aromatic carbocycles. The van der Waals surface area contributed by atoms with Crippen molar-refractivity contribution in [3.8, 4) is 11.8 Å². The van der Waals surface area contributed by atoms with Crippen molar-refractivity contribution in [2.24, 2.45) is 0 Å². The van der Waals surface area contributed by atoms with Gasteiger partial charge >= 0.3 is 0 Å². The van der Waals surface area contributed by atoms with Crippen LogP contribution in [0.3, 0.4) is 0 Å². The molecule has 0 saturated carbocycles. The number of nitrogen functional groups attached to an aromatic ring is 2. The molecule has 4 rings (SSSR count). The molecule has 13 heteroatoms. The lowest BCUT2D eigenvalue weighted by atomic mass is 10.2. The van der Waals surface area contributed by atoms with Crippen LogP contribution in [-0.2, 0) is 6.42 Å². The standard InChI is InChI=1S/C21H14F4N8O/c22-9-5-10(23)7-11(6-9)33-15(30-17-14(25)2-1-13(24)16(17)20(33)34)3-4-29-19-12(8-26)18(27)31-21(28)32-19/h1-2,5-7H,3-4H2,(H5,27,28,29,31,32). The Morgan fingerprint density at radius 3 is 2.35 bits per heavy atom. The predicted molar refractivity (Wildman–Crippen MR) is 115 cm³/mol. The Morgan fingerprint density at radius 2 is 1.68 bits per heavy atom. The lowest BCUT2D eigenvalue weighted by Gasteiger charge is -2.15. The summed E-state index contributed by atoms with van der Waals surface area (Å²) in [5.41, 5.74) is 9.25. The third kappa shape index (κ3) is 4.04. The number of halogens is 4. The van der Waals surface area contributed by atoms with Crippen molar-refractivity contribution in [2.45, 2.75) is 6.42 Å². The molecule has 0 fully saturated rings. The first kappa shape index (κ1) is 22.5. The molecule has 0 spiro atoms. The number of hydrogen-bond donors (Lipinski definition) is 3. The van der Waals surface area contributed by atoms with Gasteiger partial charge in [-0.1, -0.05) is 0 Å². The number of nitrogens with two attached hydrogens (primary N) is 2. The van der Waals surface area contributed by atoms with Crippen molar-refractivity contribution in [1.82, 2.24) is 19.5 Å². The summed E-state index contributed by atoms with van der Waals surface area (Å²) in [4.78, 5) is 24.7. The Morgan fingerprint density at radius 1 is 1.00 bits per heavy atom. The van der Waals surface area contributed by atoms with Crippen LogP contribution in [0.5, 0.6) is 0 Å². The third-order valence-electron chi connectivity index (χ3n) is 4.81. The van der Waals surface area contributed by atoms with E-state index >= 15 is 0 Å². The topological polar surface area (TPSA) is 149 Å². The Bertz CT molecular complexity index is 1530. The smallest absolute Gasteiger partial charge is 0.269 e. The van der Waals surface area contributed by atoms with Crippen LogP contribution in [0.2, 0.25) is 0 Å². The van der Waals surface area contributed by atoms with E-state index in [-0.39, 0.29) is 47.6 Å². The summed E-state index contributed by atoms with van der Waals surface area (Å²) >= 11 is 0. The highest BCUT2D eigenvalue weighted by Gasteiger charge is 2.20. The second-order valence-corrected chi connectivity index (χ2v) is 7.03. The number of nitrogens with one attached hydrogen (secondary N) is 1. The minimum atomic E-state index is -1.06. The summed E-state index contributed by atoms with van der Waals surface area (Å²) < 4.78 is 57.3. The van der Waals surface area contributed by atoms with Crippen molar-refractivity contribution in [1.29, 1.82) is 5.26 Å². The molecule has 2 aromatic heterocycles. The number of nitriles is 1. The number of rotatable bonds is 5. The van der Waals surface area contributed by atoms with Crippen molar-refractivity contribution < 1.29 is 17.6 Å². The number of anilines is 3. The second-order valence-electron chi connectivity index (χ2n) is 7.03. The molecule has 0 aliphatic heterocycles. The number of fused-ring (bicyclic) bond motifs is 1. The van der Waals surface area contributed by atoms with Gasteiger partial charge < -0.3 is 16.8 Å². The van der Waals surface area contributed by atoms with Gasteiger partial charge in [-0.05, 0) is 24.3 Å². The summed E-state index contributed by atoms with van der Waals surface area (Å²) in [7, 11) is 0. The van der Waals surface area contributed by atoms with E-state index in [4.69, 9.17) is 11.5 Å². The fourth-order valence-electron chi connectivity index (χ4n) is 3.39. The quantitative estimate of drug-likeness (QED) is 0.377. The first-order chi connectivity index (χ1) is 16.2. The fraction of sp³-hybridized carbons (Fsp3) is 0.0952. The highest BCUT2D eigenvalue weighted by Crippen LogP contribution is 2.21. The maximum atomic E-state index is 14.4. The van der Waals surface area contributed by atoms with E-state index in [2.05, 4.69) is 20.3 Å². The molecular weight excluding hydrogens is 456 g/mol. The van der Waals surface area contributed by atoms with Gasteiger partial charge in [-0.3, -0.25) is 9.36 Å². The summed E-state index contributed by atoms with van der Waals surface area (Å²) in [5, 5.41) is 11.4. The molecule has 0 aliphatic rings. The van der Waals surface area contributed by atoms with Gasteiger partial charge in [0.15, 0.2) is 5.82 Å². The van der Waals surface area contributed by atoms with E-state index in [0.717, 1.165) is 28.8 Å². The van der Waals surface area contributed by atoms with Crippen molar-refractivity contribution in [3.05, 3.63) is 75.3 Å². The van der Waals surface area contributed by atoms with Gasteiger partial charge in [0.2, 0.25) is 5.95 Å². The largest absolute Gasteiger partial charge is 0.382 e. The van der Waals surface area contributed by atoms with Gasteiger partial charge in [-0.2, -0.15) is 15.2 Å². The molecule has 9 nitrogen and oxygen atoms in total. The molecule has 0 amide bonds. The van der Waals surface area contributed by atoms with E-state index in [1.54, 1.807) is 0 Å². The minimum absolute atomic E-state index is 0.00351. The van der Waals surface area contributed by atoms with Crippen molar-refractivity contribution in [2.75, 3.05) is 23.3 Å². The van der Waals surface area contributed by atoms with Crippen LogP contribution >= 0.6 is 0 Å². The maximum Gasteiger partial charge on any atom is 0.269 e. The van der Waals surface area contributed by atoms with Gasteiger partial charge in [-0.15, -0.1) is 0 Å². The molecular formula is C21H14F4N8O. The van der Waals surface area contributed by atoms with Crippen LogP contribution in [0.15, 0.2) is 35.1 Å². The van der Waals surface area contributed by atoms with Gasteiger partial charge in [0.25, 0.3) is 5.56 Å². The minimum Gasteiger partial charge on any atom is -0.382 e. The predicted octanol–water partition coefficient (Wildman–Crippen LogP) is 2.42. The second kappa shape index (κ2) is 8.66. The maximum absolute atomic E-state index is 14.4. The normalized spacial score (nSPS) is 10.9. The zero-order valence-electron chi connectivity index (χ0n) is 17.1. The Kier molecular flexibility index (Phi) is 5.72. The zero-order valence-corrected chi connectivity index (χ0v) is 17.1. The fourth-order valence-corrected chi connectivity index (χ4v) is 3.39. The van der Waals surface area contributed by atoms with Crippen LogP contribution in [0, 0.1) is 34.6 Å². The number of hydrogen-bond acceptors (Lipinski definition) is 8. The lowest BCUT2D eigenvalue weighted by Crippen LogP contribution is -2.27. The molecule has 0 atom stereocenters. The number of benzene rings is 2. The molecule has 5 N–H and O–H groups in total.